The Bertz CT molecular complexity index is 1100. The van der Waals surface area contributed by atoms with Crippen LogP contribution in [0.2, 0.25) is 0 Å². The molecule has 2 unspecified atom stereocenters. The van der Waals surface area contributed by atoms with Crippen LogP contribution in [0.15, 0.2) is 54.8 Å². The van der Waals surface area contributed by atoms with Gasteiger partial charge in [0.05, 0.1) is 5.69 Å². The fraction of sp³-hybridized carbons (Fsp3) is 0.370. The summed E-state index contributed by atoms with van der Waals surface area (Å²) < 4.78 is 2.17. The van der Waals surface area contributed by atoms with Gasteiger partial charge in [-0.15, -0.1) is 0 Å². The minimum atomic E-state index is -0.250. The lowest BCUT2D eigenvalue weighted by atomic mass is 9.90. The van der Waals surface area contributed by atoms with E-state index in [0.717, 1.165) is 30.1 Å². The summed E-state index contributed by atoms with van der Waals surface area (Å²) in [6.07, 6.45) is 12.7. The number of allylic oxidation sites excluding steroid dienone is 4. The van der Waals surface area contributed by atoms with Gasteiger partial charge < -0.3 is 9.67 Å². The molecule has 0 saturated heterocycles. The Balaban J connectivity index is 0.00000114. The average Bonchev–Trinajstić information content (AvgIpc) is 3.14. The molecule has 32 heavy (non-hydrogen) atoms. The minimum Gasteiger partial charge on any atom is -0.483 e. The van der Waals surface area contributed by atoms with Crippen molar-refractivity contribution in [2.75, 3.05) is 0 Å². The maximum absolute atomic E-state index is 8.36. The molecule has 170 valence electrons. The van der Waals surface area contributed by atoms with Crippen LogP contribution in [0.25, 0.3) is 22.2 Å². The molecule has 2 heterocycles. The number of benzene rings is 1. The molecule has 5 heteroatoms. The maximum atomic E-state index is 8.36. The summed E-state index contributed by atoms with van der Waals surface area (Å²) in [5, 5.41) is 8.15. The van der Waals surface area contributed by atoms with E-state index in [9.17, 15) is 0 Å². The predicted molar refractivity (Wildman–Crippen MR) is 133 cm³/mol. The molecule has 1 aromatic carbocycles. The van der Waals surface area contributed by atoms with Gasteiger partial charge in [0.25, 0.3) is 6.47 Å². The second-order valence-corrected chi connectivity index (χ2v) is 8.12. The molecule has 5 nitrogen and oxygen atoms in total. The van der Waals surface area contributed by atoms with E-state index >= 15 is 0 Å². The van der Waals surface area contributed by atoms with Crippen LogP contribution in [0.3, 0.4) is 0 Å². The van der Waals surface area contributed by atoms with Crippen LogP contribution < -0.4 is 0 Å². The van der Waals surface area contributed by atoms with E-state index in [-0.39, 0.29) is 12.4 Å². The topological polar surface area (TPSA) is 68.0 Å². The van der Waals surface area contributed by atoms with Gasteiger partial charge in [0.2, 0.25) is 0 Å². The molecule has 0 spiro atoms. The van der Waals surface area contributed by atoms with Crippen LogP contribution >= 0.6 is 0 Å². The first-order valence-corrected chi connectivity index (χ1v) is 11.2. The van der Waals surface area contributed by atoms with Crippen LogP contribution in [0.1, 0.15) is 69.5 Å². The van der Waals surface area contributed by atoms with Gasteiger partial charge >= 0.3 is 0 Å². The van der Waals surface area contributed by atoms with E-state index in [2.05, 4.69) is 81.9 Å². The second kappa shape index (κ2) is 12.0. The van der Waals surface area contributed by atoms with Gasteiger partial charge in [0, 0.05) is 41.5 Å². The highest BCUT2D eigenvalue weighted by atomic mass is 16.3. The molecular weight excluding hydrogens is 398 g/mol. The number of carboxylic acid groups (broad SMARTS) is 1. The third kappa shape index (κ3) is 5.94. The zero-order chi connectivity index (χ0) is 23.7. The van der Waals surface area contributed by atoms with Gasteiger partial charge in [0.15, 0.2) is 0 Å². The Kier molecular flexibility index (Phi) is 9.39. The number of hydrogen-bond acceptors (Lipinski definition) is 3. The molecule has 0 amide bonds. The van der Waals surface area contributed by atoms with E-state index in [1.165, 1.54) is 22.0 Å². The van der Waals surface area contributed by atoms with E-state index in [4.69, 9.17) is 19.9 Å². The van der Waals surface area contributed by atoms with Crippen LogP contribution in [-0.4, -0.2) is 26.1 Å². The fourth-order valence-corrected chi connectivity index (χ4v) is 4.03. The molecular formula is C27H35N3O2. The normalized spacial score (nSPS) is 13.3. The average molecular weight is 434 g/mol. The van der Waals surface area contributed by atoms with E-state index < -0.39 is 0 Å². The molecule has 0 radical (unpaired) electrons. The molecule has 3 rings (SSSR count). The number of aryl methyl sites for hydroxylation is 2. The molecule has 0 fully saturated rings. The number of fused-ring (bicyclic) bond motifs is 1. The highest BCUT2D eigenvalue weighted by Crippen LogP contribution is 2.34. The van der Waals surface area contributed by atoms with Crippen molar-refractivity contribution in [3.63, 3.8) is 0 Å². The third-order valence-electron chi connectivity index (χ3n) is 5.64. The Hall–Kier alpha value is -3.21. The lowest BCUT2D eigenvalue weighted by Crippen LogP contribution is -2.09. The molecule has 0 saturated carbocycles. The summed E-state index contributed by atoms with van der Waals surface area (Å²) in [5.41, 5.74) is 5.88. The first-order chi connectivity index (χ1) is 15.4. The van der Waals surface area contributed by atoms with Crippen molar-refractivity contribution in [3.05, 3.63) is 71.8 Å². The van der Waals surface area contributed by atoms with Crippen LogP contribution in [0.4, 0.5) is 0 Å². The third-order valence-corrected chi connectivity index (χ3v) is 5.64. The van der Waals surface area contributed by atoms with Gasteiger partial charge in [-0.2, -0.15) is 0 Å². The highest BCUT2D eigenvalue weighted by Gasteiger charge is 2.20. The lowest BCUT2D eigenvalue weighted by molar-refractivity contribution is -0.122. The molecule has 2 atom stereocenters. The summed E-state index contributed by atoms with van der Waals surface area (Å²) in [6.45, 7) is 10.6. The van der Waals surface area contributed by atoms with Gasteiger partial charge in [-0.05, 0) is 43.7 Å². The molecule has 0 aliphatic heterocycles. The number of aromatic nitrogens is 3. The summed E-state index contributed by atoms with van der Waals surface area (Å²) >= 11 is 0. The summed E-state index contributed by atoms with van der Waals surface area (Å²) in [4.78, 5) is 18.4. The highest BCUT2D eigenvalue weighted by molar-refractivity contribution is 5.85. The number of rotatable bonds is 7. The maximum Gasteiger partial charge on any atom is 0.290 e. The van der Waals surface area contributed by atoms with Crippen LogP contribution in [0.5, 0.6) is 0 Å². The van der Waals surface area contributed by atoms with Crippen molar-refractivity contribution in [2.45, 2.75) is 59.3 Å². The number of nitrogens with zero attached hydrogens (tertiary/aromatic N) is 3. The van der Waals surface area contributed by atoms with Crippen molar-refractivity contribution in [3.8, 4) is 11.3 Å². The second-order valence-electron chi connectivity index (χ2n) is 8.12. The Labute approximate surface area is 191 Å². The predicted octanol–water partition coefficient (Wildman–Crippen LogP) is 6.78. The van der Waals surface area contributed by atoms with Crippen molar-refractivity contribution in [1.82, 2.24) is 14.5 Å². The summed E-state index contributed by atoms with van der Waals surface area (Å²) in [5.74, 6) is 1.48. The Morgan fingerprint density at radius 3 is 2.53 bits per heavy atom. The summed E-state index contributed by atoms with van der Waals surface area (Å²) in [7, 11) is 2.09. The largest absolute Gasteiger partial charge is 0.483 e. The van der Waals surface area contributed by atoms with Gasteiger partial charge in [-0.3, -0.25) is 4.79 Å². The van der Waals surface area contributed by atoms with Crippen LogP contribution in [0, 0.1) is 6.92 Å². The zero-order valence-electron chi connectivity index (χ0n) is 20.0. The SMILES string of the molecule is C/C=C\C=C/C(C)c1nc(C)c(C(C)CCC)c(-c2ccc3ccn(C)c3c2)n1.O=CO. The minimum absolute atomic E-state index is 0.165. The quantitative estimate of drug-likeness (QED) is 0.329. The molecule has 2 aromatic heterocycles. The molecule has 1 N–H and O–H groups in total. The van der Waals surface area contributed by atoms with Gasteiger partial charge in [-0.25, -0.2) is 9.97 Å². The fourth-order valence-electron chi connectivity index (χ4n) is 4.03. The van der Waals surface area contributed by atoms with Crippen molar-refractivity contribution in [1.29, 1.82) is 0 Å². The number of hydrogen-bond donors (Lipinski definition) is 1. The van der Waals surface area contributed by atoms with Gasteiger partial charge in [-0.1, -0.05) is 63.6 Å². The van der Waals surface area contributed by atoms with E-state index in [1.807, 2.05) is 19.1 Å². The monoisotopic (exact) mass is 433 g/mol. The Morgan fingerprint density at radius 1 is 1.16 bits per heavy atom. The van der Waals surface area contributed by atoms with E-state index in [1.54, 1.807) is 0 Å². The smallest absolute Gasteiger partial charge is 0.290 e. The molecule has 3 aromatic rings. The molecule has 0 aliphatic rings. The van der Waals surface area contributed by atoms with Crippen molar-refractivity contribution < 1.29 is 9.90 Å². The Morgan fingerprint density at radius 2 is 1.88 bits per heavy atom. The van der Waals surface area contributed by atoms with Crippen molar-refractivity contribution >= 4 is 17.4 Å². The van der Waals surface area contributed by atoms with Crippen molar-refractivity contribution in [2.24, 2.45) is 7.05 Å². The van der Waals surface area contributed by atoms with E-state index in [0.29, 0.717) is 5.92 Å². The molecule has 0 aliphatic carbocycles. The van der Waals surface area contributed by atoms with Gasteiger partial charge in [0.1, 0.15) is 5.82 Å². The first-order valence-electron chi connectivity index (χ1n) is 11.2. The zero-order valence-corrected chi connectivity index (χ0v) is 20.0. The summed E-state index contributed by atoms with van der Waals surface area (Å²) in [6, 6.07) is 8.83. The standard InChI is InChI=1S/C26H33N3.CH2O2/c1-7-9-10-12-19(4)26-27-20(5)24(18(3)11-8-2)25(28-26)22-14-13-21-15-16-29(6)23(21)17-22;2-1-3/h7,9-10,12-19H,8,11H2,1-6H3;1H,(H,2,3)/b9-7-,12-10-;. The lowest BCUT2D eigenvalue weighted by Gasteiger charge is -2.20. The number of carbonyl (C=O) groups is 1. The molecule has 0 bridgehead atoms. The first kappa shape index (κ1) is 25.1. The van der Waals surface area contributed by atoms with Crippen LogP contribution in [-0.2, 0) is 11.8 Å².